The molecule has 0 atom stereocenters. The highest BCUT2D eigenvalue weighted by atomic mass is 32.2. The normalized spacial score (nSPS) is 10.1. The van der Waals surface area contributed by atoms with Crippen molar-refractivity contribution in [2.75, 3.05) is 11.6 Å². The van der Waals surface area contributed by atoms with Gasteiger partial charge in [-0.25, -0.2) is 9.78 Å². The largest absolute Gasteiger partial charge is 0.477 e. The van der Waals surface area contributed by atoms with Gasteiger partial charge in [0.2, 0.25) is 0 Å². The average molecular weight is 260 g/mol. The van der Waals surface area contributed by atoms with E-state index < -0.39 is 5.97 Å². The van der Waals surface area contributed by atoms with E-state index >= 15 is 0 Å². The third kappa shape index (κ3) is 3.01. The highest BCUT2D eigenvalue weighted by Crippen LogP contribution is 2.22. The van der Waals surface area contributed by atoms with Crippen molar-refractivity contribution in [2.24, 2.45) is 0 Å². The molecule has 0 bridgehead atoms. The summed E-state index contributed by atoms with van der Waals surface area (Å²) in [4.78, 5) is 15.7. The lowest BCUT2D eigenvalue weighted by molar-refractivity contribution is 0.0690. The third-order valence-electron chi connectivity index (χ3n) is 2.34. The number of anilines is 2. The molecular formula is C13H12N2O2S. The first-order valence-electron chi connectivity index (χ1n) is 5.29. The number of hydrogen-bond donors (Lipinski definition) is 2. The lowest BCUT2D eigenvalue weighted by Crippen LogP contribution is -2.01. The quantitative estimate of drug-likeness (QED) is 0.826. The molecule has 2 N–H and O–H groups in total. The van der Waals surface area contributed by atoms with Gasteiger partial charge in [0.05, 0.1) is 0 Å². The van der Waals surface area contributed by atoms with Crippen molar-refractivity contribution in [3.05, 3.63) is 48.3 Å². The van der Waals surface area contributed by atoms with Crippen LogP contribution in [0.1, 0.15) is 10.5 Å². The molecule has 0 amide bonds. The van der Waals surface area contributed by atoms with Crippen LogP contribution in [0.4, 0.5) is 11.4 Å². The molecule has 18 heavy (non-hydrogen) atoms. The summed E-state index contributed by atoms with van der Waals surface area (Å²) in [5.74, 6) is -1.03. The molecule has 0 unspecified atom stereocenters. The summed E-state index contributed by atoms with van der Waals surface area (Å²) in [5.41, 5.74) is 1.66. The molecule has 2 rings (SSSR count). The Labute approximate surface area is 109 Å². The third-order valence-corrected chi connectivity index (χ3v) is 3.06. The molecule has 1 heterocycles. The zero-order chi connectivity index (χ0) is 13.0. The fourth-order valence-electron chi connectivity index (χ4n) is 1.49. The Hall–Kier alpha value is -2.01. The van der Waals surface area contributed by atoms with Crippen LogP contribution in [0.3, 0.4) is 0 Å². The van der Waals surface area contributed by atoms with Crippen molar-refractivity contribution in [2.45, 2.75) is 4.90 Å². The lowest BCUT2D eigenvalue weighted by Gasteiger charge is -2.07. The van der Waals surface area contributed by atoms with Gasteiger partial charge in [-0.2, -0.15) is 0 Å². The maximum Gasteiger partial charge on any atom is 0.354 e. The standard InChI is InChI=1S/C13H12N2O2S/c1-18-11-4-2-3-9(7-11)15-10-5-6-14-12(8-10)13(16)17/h2-8H,1H3,(H,14,15)(H,16,17). The van der Waals surface area contributed by atoms with Crippen LogP contribution < -0.4 is 5.32 Å². The molecule has 0 saturated heterocycles. The number of nitrogens with zero attached hydrogens (tertiary/aromatic N) is 1. The molecule has 2 aromatic rings. The van der Waals surface area contributed by atoms with Gasteiger partial charge in [-0.1, -0.05) is 6.07 Å². The number of carbonyl (C=O) groups is 1. The zero-order valence-corrected chi connectivity index (χ0v) is 10.6. The smallest absolute Gasteiger partial charge is 0.354 e. The van der Waals surface area contributed by atoms with Gasteiger partial charge in [0.1, 0.15) is 5.69 Å². The van der Waals surface area contributed by atoms with Gasteiger partial charge < -0.3 is 10.4 Å². The van der Waals surface area contributed by atoms with E-state index in [1.807, 2.05) is 30.5 Å². The van der Waals surface area contributed by atoms with Crippen LogP contribution in [0.25, 0.3) is 0 Å². The van der Waals surface area contributed by atoms with Crippen LogP contribution >= 0.6 is 11.8 Å². The van der Waals surface area contributed by atoms with Gasteiger partial charge >= 0.3 is 5.97 Å². The monoisotopic (exact) mass is 260 g/mol. The molecule has 0 saturated carbocycles. The number of hydrogen-bond acceptors (Lipinski definition) is 4. The highest BCUT2D eigenvalue weighted by Gasteiger charge is 2.05. The number of aromatic nitrogens is 1. The Kier molecular flexibility index (Phi) is 3.84. The van der Waals surface area contributed by atoms with Crippen molar-refractivity contribution < 1.29 is 9.90 Å². The molecule has 0 aliphatic rings. The fraction of sp³-hybridized carbons (Fsp3) is 0.0769. The predicted molar refractivity (Wildman–Crippen MR) is 72.7 cm³/mol. The van der Waals surface area contributed by atoms with Crippen LogP contribution in [0.2, 0.25) is 0 Å². The second-order valence-electron chi connectivity index (χ2n) is 3.59. The van der Waals surface area contributed by atoms with E-state index in [2.05, 4.69) is 10.3 Å². The second kappa shape index (κ2) is 5.55. The first-order chi connectivity index (χ1) is 8.69. The van der Waals surface area contributed by atoms with Crippen molar-refractivity contribution in [3.8, 4) is 0 Å². The maximum atomic E-state index is 10.8. The summed E-state index contributed by atoms with van der Waals surface area (Å²) in [6.45, 7) is 0. The minimum absolute atomic E-state index is 0.0287. The van der Waals surface area contributed by atoms with E-state index in [0.29, 0.717) is 5.69 Å². The highest BCUT2D eigenvalue weighted by molar-refractivity contribution is 7.98. The molecule has 1 aromatic carbocycles. The molecular weight excluding hydrogens is 248 g/mol. The van der Waals surface area contributed by atoms with Gasteiger partial charge in [-0.15, -0.1) is 11.8 Å². The minimum Gasteiger partial charge on any atom is -0.477 e. The van der Waals surface area contributed by atoms with Gasteiger partial charge in [0.25, 0.3) is 0 Å². The van der Waals surface area contributed by atoms with E-state index in [0.717, 1.165) is 10.6 Å². The SMILES string of the molecule is CSc1cccc(Nc2ccnc(C(=O)O)c2)c1. The molecule has 5 heteroatoms. The Morgan fingerprint density at radius 3 is 2.78 bits per heavy atom. The topological polar surface area (TPSA) is 62.2 Å². The van der Waals surface area contributed by atoms with E-state index in [4.69, 9.17) is 5.11 Å². The van der Waals surface area contributed by atoms with Crippen LogP contribution in [-0.4, -0.2) is 22.3 Å². The van der Waals surface area contributed by atoms with Crippen molar-refractivity contribution in [1.82, 2.24) is 4.98 Å². The van der Waals surface area contributed by atoms with Crippen molar-refractivity contribution in [1.29, 1.82) is 0 Å². The number of nitrogens with one attached hydrogen (secondary N) is 1. The summed E-state index contributed by atoms with van der Waals surface area (Å²) >= 11 is 1.66. The van der Waals surface area contributed by atoms with Crippen molar-refractivity contribution >= 4 is 29.1 Å². The van der Waals surface area contributed by atoms with E-state index in [9.17, 15) is 4.79 Å². The van der Waals surface area contributed by atoms with Gasteiger partial charge in [0, 0.05) is 22.5 Å². The first-order valence-corrected chi connectivity index (χ1v) is 6.52. The van der Waals surface area contributed by atoms with Crippen LogP contribution in [0.5, 0.6) is 0 Å². The van der Waals surface area contributed by atoms with Gasteiger partial charge in [-0.05, 0) is 36.6 Å². The van der Waals surface area contributed by atoms with E-state index in [1.165, 1.54) is 12.3 Å². The summed E-state index contributed by atoms with van der Waals surface area (Å²) in [7, 11) is 0. The summed E-state index contributed by atoms with van der Waals surface area (Å²) in [6, 6.07) is 11.1. The number of benzene rings is 1. The summed E-state index contributed by atoms with van der Waals surface area (Å²) in [5, 5.41) is 12.0. The second-order valence-corrected chi connectivity index (χ2v) is 4.47. The molecule has 0 fully saturated rings. The maximum absolute atomic E-state index is 10.8. The molecule has 0 aliphatic carbocycles. The first kappa shape index (κ1) is 12.4. The van der Waals surface area contributed by atoms with Crippen molar-refractivity contribution in [3.63, 3.8) is 0 Å². The number of pyridine rings is 1. The van der Waals surface area contributed by atoms with Crippen LogP contribution in [-0.2, 0) is 0 Å². The summed E-state index contributed by atoms with van der Waals surface area (Å²) < 4.78 is 0. The average Bonchev–Trinajstić information content (AvgIpc) is 2.39. The zero-order valence-electron chi connectivity index (χ0n) is 9.75. The minimum atomic E-state index is -1.03. The molecule has 92 valence electrons. The number of rotatable bonds is 4. The fourth-order valence-corrected chi connectivity index (χ4v) is 1.95. The Morgan fingerprint density at radius 1 is 1.28 bits per heavy atom. The molecule has 4 nitrogen and oxygen atoms in total. The van der Waals surface area contributed by atoms with Crippen LogP contribution in [0, 0.1) is 0 Å². The number of thioether (sulfide) groups is 1. The Balaban J connectivity index is 2.22. The number of aromatic carboxylic acids is 1. The van der Waals surface area contributed by atoms with E-state index in [-0.39, 0.29) is 5.69 Å². The lowest BCUT2D eigenvalue weighted by atomic mass is 10.2. The van der Waals surface area contributed by atoms with Gasteiger partial charge in [-0.3, -0.25) is 0 Å². The molecule has 0 aliphatic heterocycles. The van der Waals surface area contributed by atoms with E-state index in [1.54, 1.807) is 17.8 Å². The Bertz CT molecular complexity index is 572. The molecule has 0 radical (unpaired) electrons. The molecule has 1 aromatic heterocycles. The Morgan fingerprint density at radius 2 is 2.06 bits per heavy atom. The predicted octanol–water partition coefficient (Wildman–Crippen LogP) is 3.25. The summed E-state index contributed by atoms with van der Waals surface area (Å²) in [6.07, 6.45) is 3.48. The number of carboxylic acid groups (broad SMARTS) is 1. The molecule has 0 spiro atoms. The number of carboxylic acids is 1. The van der Waals surface area contributed by atoms with Crippen LogP contribution in [0.15, 0.2) is 47.5 Å². The van der Waals surface area contributed by atoms with Gasteiger partial charge in [0.15, 0.2) is 0 Å².